The molecule has 2 N–H and O–H groups in total. The van der Waals surface area contributed by atoms with E-state index >= 15 is 0 Å². The Hall–Kier alpha value is -1.09. The Morgan fingerprint density at radius 1 is 1.82 bits per heavy atom. The summed E-state index contributed by atoms with van der Waals surface area (Å²) >= 11 is 0. The van der Waals surface area contributed by atoms with Crippen LogP contribution in [0, 0.1) is 0 Å². The van der Waals surface area contributed by atoms with E-state index in [1.165, 1.54) is 0 Å². The van der Waals surface area contributed by atoms with E-state index in [0.29, 0.717) is 6.54 Å². The molecular formula is C8H13N3. The number of nitrogens with two attached hydrogens (primary N) is 1. The van der Waals surface area contributed by atoms with Crippen LogP contribution in [0.3, 0.4) is 0 Å². The van der Waals surface area contributed by atoms with Crippen LogP contribution in [-0.2, 0) is 7.05 Å². The SMILES string of the molecule is C/C(=C\c1cnn(C)c1)CN. The van der Waals surface area contributed by atoms with Crippen LogP contribution in [0.5, 0.6) is 0 Å². The quantitative estimate of drug-likeness (QED) is 0.679. The second kappa shape index (κ2) is 3.34. The minimum Gasteiger partial charge on any atom is -0.327 e. The van der Waals surface area contributed by atoms with Gasteiger partial charge in [-0.25, -0.2) is 0 Å². The van der Waals surface area contributed by atoms with Crippen molar-refractivity contribution in [3.05, 3.63) is 23.5 Å². The second-order valence-corrected chi connectivity index (χ2v) is 2.64. The summed E-state index contributed by atoms with van der Waals surface area (Å²) < 4.78 is 1.77. The summed E-state index contributed by atoms with van der Waals surface area (Å²) in [5.41, 5.74) is 7.70. The number of aromatic nitrogens is 2. The van der Waals surface area contributed by atoms with Gasteiger partial charge in [0.2, 0.25) is 0 Å². The Bertz CT molecular complexity index is 260. The molecule has 1 rings (SSSR count). The summed E-state index contributed by atoms with van der Waals surface area (Å²) in [5.74, 6) is 0. The Balaban J connectivity index is 2.78. The van der Waals surface area contributed by atoms with Gasteiger partial charge in [0.05, 0.1) is 6.20 Å². The first kappa shape index (κ1) is 8.01. The van der Waals surface area contributed by atoms with Crippen LogP contribution in [0.25, 0.3) is 6.08 Å². The normalized spacial score (nSPS) is 12.1. The minimum absolute atomic E-state index is 0.606. The summed E-state index contributed by atoms with van der Waals surface area (Å²) in [6, 6.07) is 0. The molecule has 0 aliphatic carbocycles. The number of aryl methyl sites for hydroxylation is 1. The maximum absolute atomic E-state index is 5.43. The summed E-state index contributed by atoms with van der Waals surface area (Å²) in [4.78, 5) is 0. The fraction of sp³-hybridized carbons (Fsp3) is 0.375. The van der Waals surface area contributed by atoms with Gasteiger partial charge in [0, 0.05) is 25.4 Å². The summed E-state index contributed by atoms with van der Waals surface area (Å²) in [6.45, 7) is 2.61. The van der Waals surface area contributed by atoms with Crippen molar-refractivity contribution in [3.8, 4) is 0 Å². The zero-order valence-corrected chi connectivity index (χ0v) is 6.91. The fourth-order valence-electron chi connectivity index (χ4n) is 0.858. The predicted octanol–water partition coefficient (Wildman–Crippen LogP) is 0.782. The summed E-state index contributed by atoms with van der Waals surface area (Å²) in [5, 5.41) is 4.04. The summed E-state index contributed by atoms with van der Waals surface area (Å²) in [6.07, 6.45) is 5.81. The largest absolute Gasteiger partial charge is 0.327 e. The molecule has 0 atom stereocenters. The van der Waals surface area contributed by atoms with E-state index in [4.69, 9.17) is 5.73 Å². The van der Waals surface area contributed by atoms with Crippen molar-refractivity contribution in [2.24, 2.45) is 12.8 Å². The van der Waals surface area contributed by atoms with E-state index in [1.54, 1.807) is 4.68 Å². The van der Waals surface area contributed by atoms with E-state index in [0.717, 1.165) is 11.1 Å². The lowest BCUT2D eigenvalue weighted by Crippen LogP contribution is -1.98. The molecule has 0 fully saturated rings. The topological polar surface area (TPSA) is 43.8 Å². The van der Waals surface area contributed by atoms with Gasteiger partial charge in [-0.3, -0.25) is 4.68 Å². The maximum Gasteiger partial charge on any atom is 0.0562 e. The second-order valence-electron chi connectivity index (χ2n) is 2.64. The van der Waals surface area contributed by atoms with Gasteiger partial charge >= 0.3 is 0 Å². The molecule has 0 spiro atoms. The number of nitrogens with zero attached hydrogens (tertiary/aromatic N) is 2. The monoisotopic (exact) mass is 151 g/mol. The molecule has 0 saturated heterocycles. The number of hydrogen-bond donors (Lipinski definition) is 1. The molecule has 0 amide bonds. The average molecular weight is 151 g/mol. The molecule has 1 aromatic rings. The molecular weight excluding hydrogens is 138 g/mol. The molecule has 3 heteroatoms. The Morgan fingerprint density at radius 2 is 2.55 bits per heavy atom. The van der Waals surface area contributed by atoms with Gasteiger partial charge in [-0.1, -0.05) is 11.6 Å². The van der Waals surface area contributed by atoms with Crippen LogP contribution >= 0.6 is 0 Å². The van der Waals surface area contributed by atoms with Gasteiger partial charge in [0.1, 0.15) is 0 Å². The minimum atomic E-state index is 0.606. The highest BCUT2D eigenvalue weighted by molar-refractivity contribution is 5.50. The molecule has 11 heavy (non-hydrogen) atoms. The molecule has 1 aromatic heterocycles. The Morgan fingerprint density at radius 3 is 3.00 bits per heavy atom. The average Bonchev–Trinajstić information content (AvgIpc) is 2.35. The van der Waals surface area contributed by atoms with Crippen molar-refractivity contribution in [1.82, 2.24) is 9.78 Å². The highest BCUT2D eigenvalue weighted by Gasteiger charge is 1.91. The Kier molecular flexibility index (Phi) is 2.44. The molecule has 3 nitrogen and oxygen atoms in total. The van der Waals surface area contributed by atoms with Gasteiger partial charge in [-0.15, -0.1) is 0 Å². The number of rotatable bonds is 2. The first-order chi connectivity index (χ1) is 5.22. The Labute approximate surface area is 66.5 Å². The van der Waals surface area contributed by atoms with Crippen LogP contribution < -0.4 is 5.73 Å². The van der Waals surface area contributed by atoms with Gasteiger partial charge in [0.15, 0.2) is 0 Å². The van der Waals surface area contributed by atoms with Crippen LogP contribution in [-0.4, -0.2) is 16.3 Å². The van der Waals surface area contributed by atoms with Crippen molar-refractivity contribution in [2.45, 2.75) is 6.92 Å². The third kappa shape index (κ3) is 2.20. The van der Waals surface area contributed by atoms with Gasteiger partial charge < -0.3 is 5.73 Å². The van der Waals surface area contributed by atoms with Crippen molar-refractivity contribution in [2.75, 3.05) is 6.54 Å². The zero-order valence-electron chi connectivity index (χ0n) is 6.91. The first-order valence-corrected chi connectivity index (χ1v) is 3.58. The molecule has 0 bridgehead atoms. The molecule has 1 heterocycles. The number of hydrogen-bond acceptors (Lipinski definition) is 2. The zero-order chi connectivity index (χ0) is 8.27. The van der Waals surface area contributed by atoms with Gasteiger partial charge in [0.25, 0.3) is 0 Å². The van der Waals surface area contributed by atoms with Crippen molar-refractivity contribution >= 4 is 6.08 Å². The van der Waals surface area contributed by atoms with Crippen molar-refractivity contribution in [3.63, 3.8) is 0 Å². The van der Waals surface area contributed by atoms with Gasteiger partial charge in [-0.2, -0.15) is 5.10 Å². The highest BCUT2D eigenvalue weighted by atomic mass is 15.2. The smallest absolute Gasteiger partial charge is 0.0562 e. The third-order valence-electron chi connectivity index (χ3n) is 1.46. The molecule has 60 valence electrons. The lowest BCUT2D eigenvalue weighted by Gasteiger charge is -1.91. The van der Waals surface area contributed by atoms with Crippen LogP contribution in [0.2, 0.25) is 0 Å². The molecule has 0 radical (unpaired) electrons. The lowest BCUT2D eigenvalue weighted by atomic mass is 10.2. The molecule has 0 saturated carbocycles. The van der Waals surface area contributed by atoms with E-state index in [-0.39, 0.29) is 0 Å². The molecule has 0 aliphatic heterocycles. The summed E-state index contributed by atoms with van der Waals surface area (Å²) in [7, 11) is 1.90. The van der Waals surface area contributed by atoms with E-state index in [1.807, 2.05) is 32.4 Å². The fourth-order valence-corrected chi connectivity index (χ4v) is 0.858. The van der Waals surface area contributed by atoms with Crippen molar-refractivity contribution < 1.29 is 0 Å². The third-order valence-corrected chi connectivity index (χ3v) is 1.46. The molecule has 0 unspecified atom stereocenters. The lowest BCUT2D eigenvalue weighted by molar-refractivity contribution is 0.767. The van der Waals surface area contributed by atoms with E-state index in [2.05, 4.69) is 5.10 Å². The standard InChI is InChI=1S/C8H13N3/c1-7(4-9)3-8-5-10-11(2)6-8/h3,5-6H,4,9H2,1-2H3/b7-3+. The maximum atomic E-state index is 5.43. The highest BCUT2D eigenvalue weighted by Crippen LogP contribution is 2.02. The van der Waals surface area contributed by atoms with Crippen LogP contribution in [0.1, 0.15) is 12.5 Å². The van der Waals surface area contributed by atoms with Crippen LogP contribution in [0.15, 0.2) is 18.0 Å². The first-order valence-electron chi connectivity index (χ1n) is 3.58. The molecule has 0 aromatic carbocycles. The predicted molar refractivity (Wildman–Crippen MR) is 45.9 cm³/mol. The van der Waals surface area contributed by atoms with Crippen molar-refractivity contribution in [1.29, 1.82) is 0 Å². The van der Waals surface area contributed by atoms with Gasteiger partial charge in [-0.05, 0) is 6.92 Å². The van der Waals surface area contributed by atoms with Crippen LogP contribution in [0.4, 0.5) is 0 Å². The van der Waals surface area contributed by atoms with E-state index < -0.39 is 0 Å². The van der Waals surface area contributed by atoms with E-state index in [9.17, 15) is 0 Å². The molecule has 0 aliphatic rings.